The standard InChI is InChI=1S/C18H16Cl2N2O2/c1-10-3-6-16-14(7-10)17(21-11(2)23)18(24)22(16)9-12-4-5-13(19)8-15(12)20/h3-8,17H,9H2,1-2H3,(H,21,23). The van der Waals surface area contributed by atoms with E-state index in [0.29, 0.717) is 16.6 Å². The fraction of sp³-hybridized carbons (Fsp3) is 0.222. The number of fused-ring (bicyclic) bond motifs is 1. The Morgan fingerprint density at radius 3 is 2.62 bits per heavy atom. The first-order chi connectivity index (χ1) is 11.4. The van der Waals surface area contributed by atoms with Crippen molar-refractivity contribution in [2.45, 2.75) is 26.4 Å². The van der Waals surface area contributed by atoms with E-state index in [9.17, 15) is 9.59 Å². The van der Waals surface area contributed by atoms with Crippen molar-refractivity contribution in [2.75, 3.05) is 4.90 Å². The second kappa shape index (κ2) is 6.46. The number of nitrogens with one attached hydrogen (secondary N) is 1. The number of aryl methyl sites for hydroxylation is 1. The first-order valence-corrected chi connectivity index (χ1v) is 8.25. The molecule has 1 aliphatic rings. The Kier molecular flexibility index (Phi) is 4.52. The van der Waals surface area contributed by atoms with E-state index >= 15 is 0 Å². The van der Waals surface area contributed by atoms with E-state index < -0.39 is 6.04 Å². The Bertz CT molecular complexity index is 836. The van der Waals surface area contributed by atoms with Gasteiger partial charge in [-0.2, -0.15) is 0 Å². The fourth-order valence-corrected chi connectivity index (χ4v) is 3.35. The van der Waals surface area contributed by atoms with Crippen LogP contribution in [0.1, 0.15) is 29.7 Å². The van der Waals surface area contributed by atoms with Gasteiger partial charge in [-0.15, -0.1) is 0 Å². The van der Waals surface area contributed by atoms with Crippen molar-refractivity contribution >= 4 is 40.7 Å². The van der Waals surface area contributed by atoms with Gasteiger partial charge in [-0.25, -0.2) is 0 Å². The van der Waals surface area contributed by atoms with Gasteiger partial charge in [-0.1, -0.05) is 47.0 Å². The number of hydrogen-bond acceptors (Lipinski definition) is 2. The number of amides is 2. The minimum Gasteiger partial charge on any atom is -0.341 e. The molecule has 0 saturated heterocycles. The molecule has 1 N–H and O–H groups in total. The van der Waals surface area contributed by atoms with Crippen LogP contribution in [0.25, 0.3) is 0 Å². The Balaban J connectivity index is 1.99. The lowest BCUT2D eigenvalue weighted by atomic mass is 10.1. The summed E-state index contributed by atoms with van der Waals surface area (Å²) in [4.78, 5) is 26.0. The molecule has 24 heavy (non-hydrogen) atoms. The van der Waals surface area contributed by atoms with Crippen LogP contribution in [-0.2, 0) is 16.1 Å². The van der Waals surface area contributed by atoms with Crippen molar-refractivity contribution in [2.24, 2.45) is 0 Å². The molecule has 2 amide bonds. The number of rotatable bonds is 3. The van der Waals surface area contributed by atoms with Gasteiger partial charge in [0.2, 0.25) is 5.91 Å². The van der Waals surface area contributed by atoms with Gasteiger partial charge in [0.05, 0.1) is 6.54 Å². The van der Waals surface area contributed by atoms with Crippen molar-refractivity contribution in [1.29, 1.82) is 0 Å². The molecule has 1 heterocycles. The van der Waals surface area contributed by atoms with Crippen molar-refractivity contribution in [1.82, 2.24) is 5.32 Å². The summed E-state index contributed by atoms with van der Waals surface area (Å²) in [5.74, 6) is -0.413. The quantitative estimate of drug-likeness (QED) is 0.895. The van der Waals surface area contributed by atoms with E-state index in [1.807, 2.05) is 25.1 Å². The van der Waals surface area contributed by atoms with Crippen molar-refractivity contribution in [3.63, 3.8) is 0 Å². The van der Waals surface area contributed by atoms with Crippen LogP contribution in [0.15, 0.2) is 36.4 Å². The molecule has 0 aliphatic carbocycles. The van der Waals surface area contributed by atoms with Gasteiger partial charge >= 0.3 is 0 Å². The van der Waals surface area contributed by atoms with Crippen molar-refractivity contribution < 1.29 is 9.59 Å². The molecular formula is C18H16Cl2N2O2. The SMILES string of the molecule is CC(=O)NC1C(=O)N(Cc2ccc(Cl)cc2Cl)c2ccc(C)cc21. The molecule has 1 atom stereocenters. The summed E-state index contributed by atoms with van der Waals surface area (Å²) in [6.07, 6.45) is 0. The van der Waals surface area contributed by atoms with E-state index in [1.54, 1.807) is 23.1 Å². The van der Waals surface area contributed by atoms with Gasteiger partial charge in [0.15, 0.2) is 0 Å². The van der Waals surface area contributed by atoms with Gasteiger partial charge in [0.25, 0.3) is 5.91 Å². The third-order valence-electron chi connectivity index (χ3n) is 3.99. The average Bonchev–Trinajstić information content (AvgIpc) is 2.74. The topological polar surface area (TPSA) is 49.4 Å². The fourth-order valence-electron chi connectivity index (χ4n) is 2.88. The number of hydrogen-bond donors (Lipinski definition) is 1. The molecule has 0 bridgehead atoms. The molecule has 1 aliphatic heterocycles. The zero-order valence-corrected chi connectivity index (χ0v) is 14.8. The summed E-state index contributed by atoms with van der Waals surface area (Å²) in [5, 5.41) is 3.78. The summed E-state index contributed by atoms with van der Waals surface area (Å²) < 4.78 is 0. The van der Waals surface area contributed by atoms with E-state index in [1.165, 1.54) is 6.92 Å². The maximum Gasteiger partial charge on any atom is 0.254 e. The first-order valence-electron chi connectivity index (χ1n) is 7.50. The Hall–Kier alpha value is -2.04. The predicted molar refractivity (Wildman–Crippen MR) is 95.4 cm³/mol. The third-order valence-corrected chi connectivity index (χ3v) is 4.58. The molecule has 0 aromatic heterocycles. The lowest BCUT2D eigenvalue weighted by Crippen LogP contribution is -2.36. The van der Waals surface area contributed by atoms with Gasteiger partial charge in [0, 0.05) is 28.2 Å². The van der Waals surface area contributed by atoms with Gasteiger partial charge in [0.1, 0.15) is 6.04 Å². The number of halogens is 2. The zero-order valence-electron chi connectivity index (χ0n) is 13.3. The lowest BCUT2D eigenvalue weighted by Gasteiger charge is -2.19. The molecule has 6 heteroatoms. The number of nitrogens with zero attached hydrogens (tertiary/aromatic N) is 1. The third kappa shape index (κ3) is 3.12. The second-order valence-corrected chi connectivity index (χ2v) is 6.70. The minimum absolute atomic E-state index is 0.170. The van der Waals surface area contributed by atoms with Crippen LogP contribution in [0.2, 0.25) is 10.0 Å². The first kappa shape index (κ1) is 16.8. The van der Waals surface area contributed by atoms with Crippen LogP contribution in [0.4, 0.5) is 5.69 Å². The molecule has 2 aromatic carbocycles. The molecule has 0 fully saturated rings. The molecule has 2 aromatic rings. The number of carbonyl (C=O) groups is 2. The van der Waals surface area contributed by atoms with Crippen molar-refractivity contribution in [3.05, 3.63) is 63.1 Å². The predicted octanol–water partition coefficient (Wildman–Crippen LogP) is 4.03. The van der Waals surface area contributed by atoms with E-state index in [-0.39, 0.29) is 11.8 Å². The van der Waals surface area contributed by atoms with Gasteiger partial charge in [-0.3, -0.25) is 9.59 Å². The van der Waals surface area contributed by atoms with Gasteiger partial charge in [-0.05, 0) is 30.7 Å². The van der Waals surface area contributed by atoms with Crippen LogP contribution >= 0.6 is 23.2 Å². The Morgan fingerprint density at radius 1 is 1.21 bits per heavy atom. The minimum atomic E-state index is -0.663. The number of benzene rings is 2. The molecule has 1 unspecified atom stereocenters. The highest BCUT2D eigenvalue weighted by molar-refractivity contribution is 6.35. The lowest BCUT2D eigenvalue weighted by molar-refractivity contribution is -0.126. The Labute approximate surface area is 150 Å². The number of carbonyl (C=O) groups excluding carboxylic acids is 2. The second-order valence-electron chi connectivity index (χ2n) is 5.86. The van der Waals surface area contributed by atoms with E-state index in [2.05, 4.69) is 5.32 Å². The van der Waals surface area contributed by atoms with E-state index in [0.717, 1.165) is 22.4 Å². The molecule has 3 rings (SSSR count). The van der Waals surface area contributed by atoms with Crippen LogP contribution in [0, 0.1) is 6.92 Å². The molecular weight excluding hydrogens is 347 g/mol. The summed E-state index contributed by atoms with van der Waals surface area (Å²) in [6, 6.07) is 10.3. The smallest absolute Gasteiger partial charge is 0.254 e. The maximum absolute atomic E-state index is 12.8. The van der Waals surface area contributed by atoms with Crippen molar-refractivity contribution in [3.8, 4) is 0 Å². The Morgan fingerprint density at radius 2 is 1.96 bits per heavy atom. The van der Waals surface area contributed by atoms with Crippen LogP contribution in [-0.4, -0.2) is 11.8 Å². The normalized spacial score (nSPS) is 16.2. The van der Waals surface area contributed by atoms with E-state index in [4.69, 9.17) is 23.2 Å². The maximum atomic E-state index is 12.8. The highest BCUT2D eigenvalue weighted by Crippen LogP contribution is 2.38. The summed E-state index contributed by atoms with van der Waals surface area (Å²) in [7, 11) is 0. The molecule has 124 valence electrons. The summed E-state index contributed by atoms with van der Waals surface area (Å²) in [5.41, 5.74) is 3.42. The highest BCUT2D eigenvalue weighted by Gasteiger charge is 2.38. The average molecular weight is 363 g/mol. The summed E-state index contributed by atoms with van der Waals surface area (Å²) in [6.45, 7) is 3.68. The highest BCUT2D eigenvalue weighted by atomic mass is 35.5. The van der Waals surface area contributed by atoms with Crippen LogP contribution in [0.5, 0.6) is 0 Å². The summed E-state index contributed by atoms with van der Waals surface area (Å²) >= 11 is 12.2. The van der Waals surface area contributed by atoms with Gasteiger partial charge < -0.3 is 10.2 Å². The largest absolute Gasteiger partial charge is 0.341 e. The molecule has 0 spiro atoms. The van der Waals surface area contributed by atoms with Crippen LogP contribution < -0.4 is 10.2 Å². The molecule has 0 saturated carbocycles. The van der Waals surface area contributed by atoms with Crippen LogP contribution in [0.3, 0.4) is 0 Å². The zero-order chi connectivity index (χ0) is 17.4. The number of anilines is 1. The molecule has 0 radical (unpaired) electrons. The molecule has 4 nitrogen and oxygen atoms in total. The monoisotopic (exact) mass is 362 g/mol.